The first-order chi connectivity index (χ1) is 5.26. The molecule has 64 valence electrons. The van der Waals surface area contributed by atoms with Crippen LogP contribution in [-0.2, 0) is 4.74 Å². The lowest BCUT2D eigenvalue weighted by atomic mass is 9.90. The van der Waals surface area contributed by atoms with Crippen molar-refractivity contribution in [1.82, 2.24) is 5.43 Å². The van der Waals surface area contributed by atoms with E-state index in [2.05, 4.69) is 10.4 Å². The maximum atomic E-state index is 5.34. The third kappa shape index (κ3) is 2.06. The van der Waals surface area contributed by atoms with Crippen LogP contribution in [0.4, 0.5) is 0 Å². The number of guanidine groups is 1. The van der Waals surface area contributed by atoms with Crippen molar-refractivity contribution >= 4 is 5.96 Å². The van der Waals surface area contributed by atoms with Crippen LogP contribution in [0.2, 0.25) is 0 Å². The van der Waals surface area contributed by atoms with E-state index in [9.17, 15) is 0 Å². The lowest BCUT2D eigenvalue weighted by Gasteiger charge is -2.31. The summed E-state index contributed by atoms with van der Waals surface area (Å²) in [6.07, 6.45) is 2.24. The lowest BCUT2D eigenvalue weighted by molar-refractivity contribution is 0.0284. The Hall–Kier alpha value is -0.810. The van der Waals surface area contributed by atoms with Crippen LogP contribution < -0.4 is 17.0 Å². The predicted octanol–water partition coefficient (Wildman–Crippen LogP) is -1.06. The summed E-state index contributed by atoms with van der Waals surface area (Å²) in [4.78, 5) is 4.08. The smallest absolute Gasteiger partial charge is 0.203 e. The van der Waals surface area contributed by atoms with Gasteiger partial charge in [0.05, 0.1) is 12.1 Å². The van der Waals surface area contributed by atoms with Gasteiger partial charge in [-0.3, -0.25) is 5.43 Å². The molecule has 0 amide bonds. The number of nitrogens with zero attached hydrogens (tertiary/aromatic N) is 1. The molecule has 1 fully saturated rings. The number of nitrogens with one attached hydrogen (secondary N) is 1. The summed E-state index contributed by atoms with van der Waals surface area (Å²) in [5, 5.41) is 0. The zero-order valence-corrected chi connectivity index (χ0v) is 6.58. The maximum absolute atomic E-state index is 5.34. The van der Waals surface area contributed by atoms with E-state index in [0.29, 0.717) is 12.1 Å². The van der Waals surface area contributed by atoms with Crippen LogP contribution >= 0.6 is 0 Å². The number of hydrazine groups is 1. The summed E-state index contributed by atoms with van der Waals surface area (Å²) < 4.78 is 5.07. The van der Waals surface area contributed by atoms with Gasteiger partial charge in [-0.15, -0.1) is 0 Å². The summed E-state index contributed by atoms with van der Waals surface area (Å²) in [7, 11) is 1.70. The molecule has 11 heavy (non-hydrogen) atoms. The van der Waals surface area contributed by atoms with Crippen LogP contribution in [0.3, 0.4) is 0 Å². The zero-order valence-electron chi connectivity index (χ0n) is 6.58. The molecule has 0 aromatic rings. The first-order valence-electron chi connectivity index (χ1n) is 3.59. The number of nitrogens with two attached hydrogens (primary N) is 2. The summed E-state index contributed by atoms with van der Waals surface area (Å²) >= 11 is 0. The molecule has 0 spiro atoms. The lowest BCUT2D eigenvalue weighted by Crippen LogP contribution is -2.41. The van der Waals surface area contributed by atoms with Gasteiger partial charge >= 0.3 is 0 Å². The van der Waals surface area contributed by atoms with Gasteiger partial charge in [-0.1, -0.05) is 0 Å². The van der Waals surface area contributed by atoms with Crippen LogP contribution in [0.15, 0.2) is 4.99 Å². The molecule has 1 aliphatic carbocycles. The Balaban J connectivity index is 2.22. The van der Waals surface area contributed by atoms with Crippen LogP contribution in [0, 0.1) is 0 Å². The Labute approximate surface area is 65.8 Å². The third-order valence-electron chi connectivity index (χ3n) is 1.87. The molecule has 0 aromatic heterocycles. The summed E-state index contributed by atoms with van der Waals surface area (Å²) in [5.41, 5.74) is 7.63. The minimum absolute atomic E-state index is 0.288. The molecule has 0 aromatic carbocycles. The minimum Gasteiger partial charge on any atom is -0.381 e. The van der Waals surface area contributed by atoms with Gasteiger partial charge in [0, 0.05) is 7.11 Å². The fraction of sp³-hybridized carbons (Fsp3) is 0.833. The van der Waals surface area contributed by atoms with Crippen molar-refractivity contribution in [2.75, 3.05) is 7.11 Å². The van der Waals surface area contributed by atoms with Gasteiger partial charge in [0.25, 0.3) is 0 Å². The second-order valence-electron chi connectivity index (χ2n) is 2.64. The Kier molecular flexibility index (Phi) is 2.67. The van der Waals surface area contributed by atoms with Gasteiger partial charge < -0.3 is 10.5 Å². The van der Waals surface area contributed by atoms with Crippen molar-refractivity contribution < 1.29 is 4.74 Å². The topological polar surface area (TPSA) is 85.7 Å². The highest BCUT2D eigenvalue weighted by Crippen LogP contribution is 2.25. The highest BCUT2D eigenvalue weighted by Gasteiger charge is 2.28. The van der Waals surface area contributed by atoms with Crippen LogP contribution in [-0.4, -0.2) is 25.2 Å². The fourth-order valence-corrected chi connectivity index (χ4v) is 1.07. The van der Waals surface area contributed by atoms with E-state index >= 15 is 0 Å². The molecular weight excluding hydrogens is 144 g/mol. The monoisotopic (exact) mass is 158 g/mol. The molecule has 0 heterocycles. The maximum Gasteiger partial charge on any atom is 0.203 e. The van der Waals surface area contributed by atoms with E-state index in [0.717, 1.165) is 12.8 Å². The molecule has 0 saturated heterocycles. The SMILES string of the molecule is COC1CC(N=C(N)NN)C1. The van der Waals surface area contributed by atoms with Crippen molar-refractivity contribution in [3.05, 3.63) is 0 Å². The predicted molar refractivity (Wildman–Crippen MR) is 42.8 cm³/mol. The Morgan fingerprint density at radius 1 is 1.64 bits per heavy atom. The second-order valence-corrected chi connectivity index (χ2v) is 2.64. The van der Waals surface area contributed by atoms with E-state index < -0.39 is 0 Å². The minimum atomic E-state index is 0.288. The molecule has 0 unspecified atom stereocenters. The summed E-state index contributed by atoms with van der Waals surface area (Å²) in [6, 6.07) is 0.288. The van der Waals surface area contributed by atoms with Gasteiger partial charge in [0.2, 0.25) is 5.96 Å². The number of ether oxygens (including phenoxy) is 1. The van der Waals surface area contributed by atoms with Gasteiger partial charge in [0.15, 0.2) is 0 Å². The Bertz CT molecular complexity index is 153. The molecule has 5 nitrogen and oxygen atoms in total. The van der Waals surface area contributed by atoms with Crippen LogP contribution in [0.1, 0.15) is 12.8 Å². The first kappa shape index (κ1) is 8.29. The molecule has 0 aliphatic heterocycles. The highest BCUT2D eigenvalue weighted by molar-refractivity contribution is 5.77. The van der Waals surface area contributed by atoms with Gasteiger partial charge in [0.1, 0.15) is 0 Å². The average molecular weight is 158 g/mol. The van der Waals surface area contributed by atoms with E-state index in [1.807, 2.05) is 0 Å². The van der Waals surface area contributed by atoms with Crippen molar-refractivity contribution in [1.29, 1.82) is 0 Å². The average Bonchev–Trinajstić information content (AvgIpc) is 1.95. The van der Waals surface area contributed by atoms with E-state index in [1.54, 1.807) is 7.11 Å². The van der Waals surface area contributed by atoms with Crippen LogP contribution in [0.25, 0.3) is 0 Å². The van der Waals surface area contributed by atoms with E-state index in [4.69, 9.17) is 16.3 Å². The number of aliphatic imine (C=N–C) groups is 1. The number of hydrogen-bond acceptors (Lipinski definition) is 3. The summed E-state index contributed by atoms with van der Waals surface area (Å²) in [5.74, 6) is 5.33. The van der Waals surface area contributed by atoms with Crippen molar-refractivity contribution in [2.24, 2.45) is 16.6 Å². The molecule has 1 saturated carbocycles. The Morgan fingerprint density at radius 3 is 2.73 bits per heavy atom. The van der Waals surface area contributed by atoms with Crippen molar-refractivity contribution in [3.63, 3.8) is 0 Å². The van der Waals surface area contributed by atoms with Crippen LogP contribution in [0.5, 0.6) is 0 Å². The molecule has 0 atom stereocenters. The molecule has 5 N–H and O–H groups in total. The molecule has 0 bridgehead atoms. The van der Waals surface area contributed by atoms with E-state index in [-0.39, 0.29) is 6.04 Å². The molecule has 1 aliphatic rings. The van der Waals surface area contributed by atoms with Gasteiger partial charge in [-0.2, -0.15) is 0 Å². The number of methoxy groups -OCH3 is 1. The molecule has 5 heteroatoms. The summed E-state index contributed by atoms with van der Waals surface area (Å²) in [6.45, 7) is 0. The third-order valence-corrected chi connectivity index (χ3v) is 1.87. The Morgan fingerprint density at radius 2 is 2.27 bits per heavy atom. The highest BCUT2D eigenvalue weighted by atomic mass is 16.5. The van der Waals surface area contributed by atoms with Gasteiger partial charge in [-0.25, -0.2) is 10.8 Å². The van der Waals surface area contributed by atoms with Crippen molar-refractivity contribution in [2.45, 2.75) is 25.0 Å². The molecule has 0 radical (unpaired) electrons. The second kappa shape index (κ2) is 3.54. The normalized spacial score (nSPS) is 31.3. The fourth-order valence-electron chi connectivity index (χ4n) is 1.07. The standard InChI is InChI=1S/C6H14N4O/c1-11-5-2-4(3-5)9-6(7)10-8/h4-5H,2-3,8H2,1H3,(H3,7,9,10). The number of rotatable bonds is 2. The first-order valence-corrected chi connectivity index (χ1v) is 3.59. The van der Waals surface area contributed by atoms with Crippen molar-refractivity contribution in [3.8, 4) is 0 Å². The van der Waals surface area contributed by atoms with Gasteiger partial charge in [-0.05, 0) is 12.8 Å². The van der Waals surface area contributed by atoms with E-state index in [1.165, 1.54) is 0 Å². The number of hydrogen-bond donors (Lipinski definition) is 3. The quantitative estimate of drug-likeness (QED) is 0.207. The largest absolute Gasteiger partial charge is 0.381 e. The zero-order chi connectivity index (χ0) is 8.27. The molecule has 1 rings (SSSR count). The molecular formula is C6H14N4O.